The van der Waals surface area contributed by atoms with Gasteiger partial charge in [0.25, 0.3) is 0 Å². The van der Waals surface area contributed by atoms with Crippen LogP contribution in [0.4, 0.5) is 0 Å². The summed E-state index contributed by atoms with van der Waals surface area (Å²) in [4.78, 5) is 12.6. The maximum Gasteiger partial charge on any atom is 0.205 e. The van der Waals surface area contributed by atoms with E-state index in [1.165, 1.54) is 0 Å². The van der Waals surface area contributed by atoms with Crippen molar-refractivity contribution < 1.29 is 4.21 Å². The van der Waals surface area contributed by atoms with E-state index in [2.05, 4.69) is 0 Å². The smallest absolute Gasteiger partial charge is 0.205 e. The van der Waals surface area contributed by atoms with Crippen molar-refractivity contribution in [3.05, 3.63) is 40.7 Å². The molecule has 0 aliphatic rings. The van der Waals surface area contributed by atoms with E-state index < -0.39 is 10.8 Å². The molecule has 0 saturated heterocycles. The van der Waals surface area contributed by atoms with E-state index in [1.807, 2.05) is 36.7 Å². The summed E-state index contributed by atoms with van der Waals surface area (Å²) in [6.07, 6.45) is 2.50. The van der Waals surface area contributed by atoms with Crippen LogP contribution < -0.4 is 5.43 Å². The van der Waals surface area contributed by atoms with Gasteiger partial charge in [0.2, 0.25) is 5.43 Å². The first kappa shape index (κ1) is 12.0. The molecule has 0 fully saturated rings. The number of para-hydroxylation sites is 1. The Hall–Kier alpha value is -1.42. The minimum Gasteiger partial charge on any atom is -0.349 e. The van der Waals surface area contributed by atoms with Gasteiger partial charge in [0.15, 0.2) is 0 Å². The van der Waals surface area contributed by atoms with E-state index >= 15 is 0 Å². The molecular weight excluding hydrogens is 234 g/mol. The number of hydrogen-bond acceptors (Lipinski definition) is 2. The fourth-order valence-electron chi connectivity index (χ4n) is 1.87. The summed E-state index contributed by atoms with van der Waals surface area (Å²) in [6, 6.07) is 7.40. The average Bonchev–Trinajstić information content (AvgIpc) is 2.34. The topological polar surface area (TPSA) is 39.1 Å². The summed E-state index contributed by atoms with van der Waals surface area (Å²) >= 11 is 0. The average molecular weight is 249 g/mol. The highest BCUT2D eigenvalue weighted by Gasteiger charge is 2.11. The zero-order valence-corrected chi connectivity index (χ0v) is 10.8. The Morgan fingerprint density at radius 2 is 2.00 bits per heavy atom. The molecule has 1 aromatic heterocycles. The van der Waals surface area contributed by atoms with Gasteiger partial charge in [-0.25, -0.2) is 0 Å². The number of nitrogens with zero attached hydrogens (tertiary/aromatic N) is 1. The summed E-state index contributed by atoms with van der Waals surface area (Å²) in [5.41, 5.74) is 0.764. The van der Waals surface area contributed by atoms with Crippen LogP contribution >= 0.6 is 0 Å². The molecule has 0 aliphatic carbocycles. The lowest BCUT2D eigenvalue weighted by molar-refractivity contribution is 0.680. The van der Waals surface area contributed by atoms with E-state index in [-0.39, 0.29) is 5.43 Å². The second-order valence-corrected chi connectivity index (χ2v) is 5.54. The predicted molar refractivity (Wildman–Crippen MR) is 70.8 cm³/mol. The van der Waals surface area contributed by atoms with Gasteiger partial charge in [-0.2, -0.15) is 0 Å². The summed E-state index contributed by atoms with van der Waals surface area (Å²) in [5.74, 6) is 0.535. The van der Waals surface area contributed by atoms with Gasteiger partial charge in [-0.15, -0.1) is 0 Å². The van der Waals surface area contributed by atoms with Crippen molar-refractivity contribution in [1.82, 2.24) is 4.57 Å². The quantitative estimate of drug-likeness (QED) is 0.835. The van der Waals surface area contributed by atoms with Gasteiger partial charge in [-0.3, -0.25) is 9.00 Å². The summed E-state index contributed by atoms with van der Waals surface area (Å²) in [5, 5.41) is 0.636. The maximum atomic E-state index is 12.2. The molecule has 0 aliphatic heterocycles. The number of aromatic nitrogens is 1. The van der Waals surface area contributed by atoms with Crippen molar-refractivity contribution in [1.29, 1.82) is 0 Å². The number of benzene rings is 1. The molecule has 3 nitrogen and oxygen atoms in total. The molecule has 1 aromatic carbocycles. The molecule has 17 heavy (non-hydrogen) atoms. The first-order chi connectivity index (χ1) is 8.15. The SMILES string of the molecule is CCCS(=O)c1cn(C)c2ccccc2c1=O. The van der Waals surface area contributed by atoms with Crippen LogP contribution in [0.1, 0.15) is 13.3 Å². The van der Waals surface area contributed by atoms with Gasteiger partial charge in [0, 0.05) is 24.4 Å². The lowest BCUT2D eigenvalue weighted by Crippen LogP contribution is -2.15. The molecule has 0 saturated carbocycles. The Labute approximate surface area is 103 Å². The molecule has 0 amide bonds. The second-order valence-electron chi connectivity index (χ2n) is 4.00. The van der Waals surface area contributed by atoms with Crippen molar-refractivity contribution in [2.24, 2.45) is 7.05 Å². The molecule has 0 spiro atoms. The normalized spacial score (nSPS) is 12.8. The third-order valence-electron chi connectivity index (χ3n) is 2.70. The fourth-order valence-corrected chi connectivity index (χ4v) is 3.05. The summed E-state index contributed by atoms with van der Waals surface area (Å²) < 4.78 is 13.8. The van der Waals surface area contributed by atoms with Gasteiger partial charge >= 0.3 is 0 Å². The standard InChI is InChI=1S/C13H15NO2S/c1-3-8-17(16)12-9-14(2)11-7-5-4-6-10(11)13(12)15/h4-7,9H,3,8H2,1-2H3. The fraction of sp³-hybridized carbons (Fsp3) is 0.308. The number of pyridine rings is 1. The Morgan fingerprint density at radius 3 is 2.71 bits per heavy atom. The molecule has 1 unspecified atom stereocenters. The van der Waals surface area contributed by atoms with Gasteiger partial charge in [0.1, 0.15) is 4.90 Å². The van der Waals surface area contributed by atoms with E-state index in [4.69, 9.17) is 0 Å². The second kappa shape index (κ2) is 4.84. The first-order valence-corrected chi connectivity index (χ1v) is 6.93. The van der Waals surface area contributed by atoms with Crippen LogP contribution in [-0.4, -0.2) is 14.5 Å². The van der Waals surface area contributed by atoms with Gasteiger partial charge in [-0.1, -0.05) is 19.1 Å². The molecule has 90 valence electrons. The third kappa shape index (κ3) is 2.17. The molecule has 1 atom stereocenters. The summed E-state index contributed by atoms with van der Waals surface area (Å²) in [6.45, 7) is 1.96. The van der Waals surface area contributed by atoms with Gasteiger partial charge < -0.3 is 4.57 Å². The van der Waals surface area contributed by atoms with Crippen molar-refractivity contribution >= 4 is 21.7 Å². The largest absolute Gasteiger partial charge is 0.349 e. The maximum absolute atomic E-state index is 12.2. The van der Waals surface area contributed by atoms with Crippen molar-refractivity contribution in [2.45, 2.75) is 18.2 Å². The van der Waals surface area contributed by atoms with Crippen LogP contribution in [0.5, 0.6) is 0 Å². The zero-order valence-electron chi connectivity index (χ0n) is 9.97. The third-order valence-corrected chi connectivity index (χ3v) is 4.26. The van der Waals surface area contributed by atoms with E-state index in [0.717, 1.165) is 11.9 Å². The minimum atomic E-state index is -1.19. The van der Waals surface area contributed by atoms with E-state index in [9.17, 15) is 9.00 Å². The minimum absolute atomic E-state index is 0.106. The van der Waals surface area contributed by atoms with E-state index in [1.54, 1.807) is 12.3 Å². The Bertz CT molecular complexity index is 631. The molecule has 0 bridgehead atoms. The highest BCUT2D eigenvalue weighted by Crippen LogP contribution is 2.12. The monoisotopic (exact) mass is 249 g/mol. The highest BCUT2D eigenvalue weighted by molar-refractivity contribution is 7.85. The lowest BCUT2D eigenvalue weighted by atomic mass is 10.2. The number of hydrogen-bond donors (Lipinski definition) is 0. The van der Waals surface area contributed by atoms with Crippen molar-refractivity contribution in [3.8, 4) is 0 Å². The number of fused-ring (bicyclic) bond motifs is 1. The van der Waals surface area contributed by atoms with Crippen LogP contribution in [0, 0.1) is 0 Å². The number of rotatable bonds is 3. The first-order valence-electron chi connectivity index (χ1n) is 5.62. The molecule has 2 aromatic rings. The Kier molecular flexibility index (Phi) is 3.43. The van der Waals surface area contributed by atoms with Crippen LogP contribution in [0.3, 0.4) is 0 Å². The van der Waals surface area contributed by atoms with Crippen molar-refractivity contribution in [2.75, 3.05) is 5.75 Å². The molecule has 2 rings (SSSR count). The van der Waals surface area contributed by atoms with Gasteiger partial charge in [0.05, 0.1) is 16.3 Å². The molecule has 4 heteroatoms. The lowest BCUT2D eigenvalue weighted by Gasteiger charge is -2.08. The van der Waals surface area contributed by atoms with E-state index in [0.29, 0.717) is 16.0 Å². The number of aryl methyl sites for hydroxylation is 1. The van der Waals surface area contributed by atoms with Crippen molar-refractivity contribution in [3.63, 3.8) is 0 Å². The van der Waals surface area contributed by atoms with Gasteiger partial charge in [-0.05, 0) is 18.6 Å². The van der Waals surface area contributed by atoms with Crippen LogP contribution in [0.25, 0.3) is 10.9 Å². The zero-order chi connectivity index (χ0) is 12.4. The highest BCUT2D eigenvalue weighted by atomic mass is 32.2. The Morgan fingerprint density at radius 1 is 1.29 bits per heavy atom. The molecule has 1 heterocycles. The Balaban J connectivity index is 2.71. The molecular formula is C13H15NO2S. The molecule has 0 N–H and O–H groups in total. The predicted octanol–water partition coefficient (Wildman–Crippen LogP) is 2.06. The van der Waals surface area contributed by atoms with Crippen LogP contribution in [0.2, 0.25) is 0 Å². The van der Waals surface area contributed by atoms with Crippen LogP contribution in [-0.2, 0) is 17.8 Å². The molecule has 0 radical (unpaired) electrons. The summed E-state index contributed by atoms with van der Waals surface area (Å²) in [7, 11) is 0.675. The van der Waals surface area contributed by atoms with Crippen LogP contribution in [0.15, 0.2) is 40.2 Å².